The Kier molecular flexibility index (Phi) is 6.74. The lowest BCUT2D eigenvalue weighted by Gasteiger charge is -2.18. The van der Waals surface area contributed by atoms with Crippen LogP contribution in [0, 0.1) is 11.8 Å². The maximum Gasteiger partial charge on any atom is 0.341 e. The Morgan fingerprint density at radius 1 is 1.23 bits per heavy atom. The van der Waals surface area contributed by atoms with Gasteiger partial charge in [-0.15, -0.1) is 11.3 Å². The van der Waals surface area contributed by atoms with Gasteiger partial charge in [0.15, 0.2) is 0 Å². The van der Waals surface area contributed by atoms with E-state index in [-0.39, 0.29) is 11.9 Å². The number of esters is 1. The Hall–Kier alpha value is -1.36. The molecular formula is C21H31NO3S. The summed E-state index contributed by atoms with van der Waals surface area (Å²) in [5.41, 5.74) is 1.74. The summed E-state index contributed by atoms with van der Waals surface area (Å²) in [4.78, 5) is 26.3. The fourth-order valence-corrected chi connectivity index (χ4v) is 5.56. The number of ether oxygens (including phenoxy) is 1. The second-order valence-corrected chi connectivity index (χ2v) is 9.03. The molecule has 2 aliphatic carbocycles. The third kappa shape index (κ3) is 4.67. The molecule has 5 heteroatoms. The maximum absolute atomic E-state index is 12.6. The van der Waals surface area contributed by atoms with Gasteiger partial charge in [0.2, 0.25) is 5.91 Å². The van der Waals surface area contributed by atoms with E-state index in [0.717, 1.165) is 37.7 Å². The Morgan fingerprint density at radius 3 is 2.73 bits per heavy atom. The average molecular weight is 378 g/mol. The number of amides is 1. The fraction of sp³-hybridized carbons (Fsp3) is 0.714. The molecule has 0 bridgehead atoms. The van der Waals surface area contributed by atoms with Crippen LogP contribution in [0.2, 0.25) is 0 Å². The SMILES string of the molecule is CCCOC(=O)c1c(NC(=O)CCC2CCCC2)sc2c1CC[C@@H](C)C2. The van der Waals surface area contributed by atoms with E-state index < -0.39 is 0 Å². The molecule has 1 amide bonds. The third-order valence-corrected chi connectivity index (χ3v) is 6.83. The number of rotatable bonds is 7. The van der Waals surface area contributed by atoms with Crippen LogP contribution in [0.15, 0.2) is 0 Å². The van der Waals surface area contributed by atoms with Crippen molar-refractivity contribution in [1.82, 2.24) is 0 Å². The lowest BCUT2D eigenvalue weighted by atomic mass is 9.88. The molecule has 1 fully saturated rings. The predicted molar refractivity (Wildman–Crippen MR) is 106 cm³/mol. The van der Waals surface area contributed by atoms with Crippen molar-refractivity contribution in [2.45, 2.75) is 78.1 Å². The lowest BCUT2D eigenvalue weighted by Crippen LogP contribution is -2.17. The molecule has 4 nitrogen and oxygen atoms in total. The maximum atomic E-state index is 12.6. The summed E-state index contributed by atoms with van der Waals surface area (Å²) in [6.45, 7) is 4.66. The van der Waals surface area contributed by atoms with Crippen LogP contribution in [0.3, 0.4) is 0 Å². The molecule has 1 heterocycles. The van der Waals surface area contributed by atoms with Crippen LogP contribution >= 0.6 is 11.3 Å². The predicted octanol–water partition coefficient (Wildman–Crippen LogP) is 5.35. The molecule has 0 spiro atoms. The van der Waals surface area contributed by atoms with Gasteiger partial charge in [0, 0.05) is 11.3 Å². The number of carbonyl (C=O) groups excluding carboxylic acids is 2. The largest absolute Gasteiger partial charge is 0.462 e. The van der Waals surface area contributed by atoms with Crippen molar-refractivity contribution in [3.8, 4) is 0 Å². The Bertz CT molecular complexity index is 646. The van der Waals surface area contributed by atoms with Crippen LogP contribution in [0.5, 0.6) is 0 Å². The Balaban J connectivity index is 1.71. The van der Waals surface area contributed by atoms with Gasteiger partial charge in [0.25, 0.3) is 0 Å². The van der Waals surface area contributed by atoms with Crippen molar-refractivity contribution in [1.29, 1.82) is 0 Å². The van der Waals surface area contributed by atoms with Crippen molar-refractivity contribution in [2.75, 3.05) is 11.9 Å². The van der Waals surface area contributed by atoms with E-state index in [1.165, 1.54) is 30.6 Å². The molecular weight excluding hydrogens is 346 g/mol. The van der Waals surface area contributed by atoms with Gasteiger partial charge in [-0.2, -0.15) is 0 Å². The zero-order valence-electron chi connectivity index (χ0n) is 16.1. The van der Waals surface area contributed by atoms with Crippen molar-refractivity contribution < 1.29 is 14.3 Å². The first-order chi connectivity index (χ1) is 12.6. The van der Waals surface area contributed by atoms with E-state index in [1.54, 1.807) is 11.3 Å². The zero-order valence-corrected chi connectivity index (χ0v) is 16.9. The number of fused-ring (bicyclic) bond motifs is 1. The fourth-order valence-electron chi connectivity index (χ4n) is 4.15. The highest BCUT2D eigenvalue weighted by Gasteiger charge is 2.29. The number of thiophene rings is 1. The van der Waals surface area contributed by atoms with Crippen LogP contribution in [-0.2, 0) is 22.4 Å². The van der Waals surface area contributed by atoms with E-state index in [0.29, 0.717) is 35.4 Å². The lowest BCUT2D eigenvalue weighted by molar-refractivity contribution is -0.116. The smallest absolute Gasteiger partial charge is 0.341 e. The van der Waals surface area contributed by atoms with Gasteiger partial charge >= 0.3 is 5.97 Å². The van der Waals surface area contributed by atoms with Gasteiger partial charge in [-0.05, 0) is 49.5 Å². The molecule has 0 aromatic carbocycles. The van der Waals surface area contributed by atoms with E-state index in [4.69, 9.17) is 4.74 Å². The first-order valence-electron chi connectivity index (χ1n) is 10.2. The monoisotopic (exact) mass is 377 g/mol. The quantitative estimate of drug-likeness (QED) is 0.652. The first kappa shape index (κ1) is 19.4. The molecule has 0 radical (unpaired) electrons. The molecule has 2 aliphatic rings. The zero-order chi connectivity index (χ0) is 18.5. The summed E-state index contributed by atoms with van der Waals surface area (Å²) in [6.07, 6.45) is 10.4. The molecule has 1 atom stereocenters. The Morgan fingerprint density at radius 2 is 2.00 bits per heavy atom. The number of carbonyl (C=O) groups is 2. The van der Waals surface area contributed by atoms with Gasteiger partial charge in [0.1, 0.15) is 5.00 Å². The second-order valence-electron chi connectivity index (χ2n) is 7.93. The summed E-state index contributed by atoms with van der Waals surface area (Å²) in [5, 5.41) is 3.75. The summed E-state index contributed by atoms with van der Waals surface area (Å²) in [7, 11) is 0. The molecule has 1 saturated carbocycles. The number of hydrogen-bond acceptors (Lipinski definition) is 4. The van der Waals surface area contributed by atoms with Crippen LogP contribution < -0.4 is 5.32 Å². The normalized spacial score (nSPS) is 20.0. The molecule has 1 aromatic rings. The molecule has 1 aromatic heterocycles. The van der Waals surface area contributed by atoms with Crippen LogP contribution in [0.4, 0.5) is 5.00 Å². The highest BCUT2D eigenvalue weighted by atomic mass is 32.1. The van der Waals surface area contributed by atoms with Crippen LogP contribution in [0.1, 0.15) is 86.0 Å². The van der Waals surface area contributed by atoms with Gasteiger partial charge in [-0.25, -0.2) is 4.79 Å². The van der Waals surface area contributed by atoms with E-state index in [9.17, 15) is 9.59 Å². The molecule has 144 valence electrons. The second kappa shape index (κ2) is 9.03. The summed E-state index contributed by atoms with van der Waals surface area (Å²) < 4.78 is 5.41. The number of nitrogens with one attached hydrogen (secondary N) is 1. The molecule has 0 saturated heterocycles. The minimum atomic E-state index is -0.273. The summed E-state index contributed by atoms with van der Waals surface area (Å²) in [6, 6.07) is 0. The number of anilines is 1. The molecule has 1 N–H and O–H groups in total. The topological polar surface area (TPSA) is 55.4 Å². The first-order valence-corrected chi connectivity index (χ1v) is 11.0. The summed E-state index contributed by atoms with van der Waals surface area (Å²) in [5.74, 6) is 1.09. The van der Waals surface area contributed by atoms with E-state index in [1.807, 2.05) is 6.92 Å². The van der Waals surface area contributed by atoms with Crippen molar-refractivity contribution in [2.24, 2.45) is 11.8 Å². The van der Waals surface area contributed by atoms with Crippen molar-refractivity contribution in [3.05, 3.63) is 16.0 Å². The molecule has 0 aliphatic heterocycles. The van der Waals surface area contributed by atoms with Gasteiger partial charge in [-0.3, -0.25) is 4.79 Å². The summed E-state index contributed by atoms with van der Waals surface area (Å²) >= 11 is 1.58. The van der Waals surface area contributed by atoms with E-state index in [2.05, 4.69) is 12.2 Å². The van der Waals surface area contributed by atoms with Crippen molar-refractivity contribution in [3.63, 3.8) is 0 Å². The van der Waals surface area contributed by atoms with Gasteiger partial charge < -0.3 is 10.1 Å². The highest BCUT2D eigenvalue weighted by Crippen LogP contribution is 2.40. The molecule has 3 rings (SSSR count). The van der Waals surface area contributed by atoms with Gasteiger partial charge in [-0.1, -0.05) is 39.5 Å². The third-order valence-electron chi connectivity index (χ3n) is 5.66. The number of hydrogen-bond donors (Lipinski definition) is 1. The Labute approximate surface area is 160 Å². The molecule has 26 heavy (non-hydrogen) atoms. The van der Waals surface area contributed by atoms with Crippen LogP contribution in [0.25, 0.3) is 0 Å². The van der Waals surface area contributed by atoms with Crippen LogP contribution in [-0.4, -0.2) is 18.5 Å². The minimum Gasteiger partial charge on any atom is -0.462 e. The highest BCUT2D eigenvalue weighted by molar-refractivity contribution is 7.17. The van der Waals surface area contributed by atoms with Gasteiger partial charge in [0.05, 0.1) is 12.2 Å². The average Bonchev–Trinajstić information content (AvgIpc) is 3.24. The standard InChI is InChI=1S/C21H31NO3S/c1-3-12-25-21(24)19-16-10-8-14(2)13-17(16)26-20(19)22-18(23)11-9-15-6-4-5-7-15/h14-15H,3-13H2,1-2H3,(H,22,23)/t14-/m1/s1. The van der Waals surface area contributed by atoms with Crippen molar-refractivity contribution >= 4 is 28.2 Å². The minimum absolute atomic E-state index is 0.0353. The molecule has 0 unspecified atom stereocenters. The van der Waals surface area contributed by atoms with E-state index >= 15 is 0 Å².